The quantitative estimate of drug-likeness (QED) is 0.254. The highest BCUT2D eigenvalue weighted by molar-refractivity contribution is 5.98. The summed E-state index contributed by atoms with van der Waals surface area (Å²) < 4.78 is 24.9. The van der Waals surface area contributed by atoms with Gasteiger partial charge in [0.05, 0.1) is 18.8 Å². The lowest BCUT2D eigenvalue weighted by Crippen LogP contribution is -2.48. The lowest BCUT2D eigenvalue weighted by Gasteiger charge is -2.31. The summed E-state index contributed by atoms with van der Waals surface area (Å²) in [6.07, 6.45) is 1.96. The molecule has 2 heterocycles. The molecule has 13 heteroatoms. The zero-order valence-electron chi connectivity index (χ0n) is 19.5. The summed E-state index contributed by atoms with van der Waals surface area (Å²) in [5.41, 5.74) is 11.2. The number of hydrogen-bond donors (Lipinski definition) is 2. The van der Waals surface area contributed by atoms with Crippen LogP contribution in [-0.2, 0) is 25.7 Å². The van der Waals surface area contributed by atoms with Crippen LogP contribution in [0.15, 0.2) is 40.7 Å². The molecule has 1 aliphatic rings. The highest BCUT2D eigenvalue weighted by Gasteiger charge is 2.25. The van der Waals surface area contributed by atoms with Crippen LogP contribution in [0.2, 0.25) is 0 Å². The first-order chi connectivity index (χ1) is 16.5. The molecule has 0 radical (unpaired) electrons. The molecule has 0 unspecified atom stereocenters. The molecular weight excluding hydrogens is 461 g/mol. The van der Waals surface area contributed by atoms with Crippen molar-refractivity contribution in [2.45, 2.75) is 33.0 Å². The van der Waals surface area contributed by atoms with E-state index >= 15 is 0 Å². The van der Waals surface area contributed by atoms with E-state index in [0.29, 0.717) is 24.6 Å². The molecule has 0 spiro atoms. The molecule has 12 nitrogen and oxygen atoms in total. The Hall–Kier alpha value is -4.29. The third-order valence-corrected chi connectivity index (χ3v) is 4.43. The number of aliphatic imine (C=N–C) groups is 1. The Morgan fingerprint density at radius 1 is 1.17 bits per heavy atom. The van der Waals surface area contributed by atoms with Crippen LogP contribution < -0.4 is 16.4 Å². The number of guanidine groups is 1. The van der Waals surface area contributed by atoms with Crippen molar-refractivity contribution in [2.75, 3.05) is 24.6 Å². The van der Waals surface area contributed by atoms with Gasteiger partial charge >= 0.3 is 12.1 Å². The minimum atomic E-state index is -1.02. The molecule has 1 aromatic heterocycles. The Kier molecular flexibility index (Phi) is 7.79. The number of hydrogen-bond acceptors (Lipinski definition) is 9. The van der Waals surface area contributed by atoms with Crippen molar-refractivity contribution in [2.24, 2.45) is 21.6 Å². The van der Waals surface area contributed by atoms with Gasteiger partial charge in [-0.3, -0.25) is 0 Å². The first-order valence-electron chi connectivity index (χ1n) is 10.5. The predicted octanol–water partition coefficient (Wildman–Crippen LogP) is 1.73. The third-order valence-electron chi connectivity index (χ3n) is 4.43. The Morgan fingerprint density at radius 2 is 1.86 bits per heavy atom. The smallest absolute Gasteiger partial charge is 0.437 e. The van der Waals surface area contributed by atoms with Crippen LogP contribution in [0.1, 0.15) is 26.3 Å². The highest BCUT2D eigenvalue weighted by atomic mass is 19.1. The van der Waals surface area contributed by atoms with Gasteiger partial charge in [0, 0.05) is 29.1 Å². The molecule has 1 amide bonds. The van der Waals surface area contributed by atoms with Crippen LogP contribution in [0.4, 0.5) is 15.1 Å². The minimum absolute atomic E-state index is 0.140. The fourth-order valence-electron chi connectivity index (χ4n) is 2.96. The fraction of sp³-hybridized carbons (Fsp3) is 0.364. The maximum Gasteiger partial charge on any atom is 0.437 e. The maximum atomic E-state index is 14.9. The van der Waals surface area contributed by atoms with Crippen molar-refractivity contribution in [3.63, 3.8) is 0 Å². The van der Waals surface area contributed by atoms with Gasteiger partial charge in [0.15, 0.2) is 5.96 Å². The van der Waals surface area contributed by atoms with Gasteiger partial charge < -0.3 is 30.7 Å². The van der Waals surface area contributed by atoms with E-state index in [1.807, 2.05) is 4.90 Å². The number of ether oxygens (including phenoxy) is 2. The number of anilines is 1. The van der Waals surface area contributed by atoms with Crippen molar-refractivity contribution in [3.05, 3.63) is 42.0 Å². The number of halogens is 1. The summed E-state index contributed by atoms with van der Waals surface area (Å²) in [5.74, 6) is -1.10. The molecule has 3 rings (SSSR count). The van der Waals surface area contributed by atoms with Gasteiger partial charge in [-0.2, -0.15) is 0 Å². The lowest BCUT2D eigenvalue weighted by molar-refractivity contribution is -0.160. The number of esters is 1. The van der Waals surface area contributed by atoms with E-state index in [4.69, 9.17) is 25.8 Å². The Bertz CT molecular complexity index is 1130. The van der Waals surface area contributed by atoms with Gasteiger partial charge in [0.1, 0.15) is 18.0 Å². The number of amides is 1. The first kappa shape index (κ1) is 25.3. The largest absolute Gasteiger partial charge is 0.457 e. The van der Waals surface area contributed by atoms with Crippen LogP contribution in [-0.4, -0.2) is 59.0 Å². The topological polar surface area (TPSA) is 168 Å². The molecule has 0 bridgehead atoms. The van der Waals surface area contributed by atoms with Crippen molar-refractivity contribution < 1.29 is 28.3 Å². The minimum Gasteiger partial charge on any atom is -0.457 e. The lowest BCUT2D eigenvalue weighted by atomic mass is 10.1. The Labute approximate surface area is 200 Å². The van der Waals surface area contributed by atoms with E-state index in [-0.39, 0.29) is 24.3 Å². The van der Waals surface area contributed by atoms with Gasteiger partial charge in [0.25, 0.3) is 0 Å². The van der Waals surface area contributed by atoms with Crippen molar-refractivity contribution in [3.8, 4) is 11.1 Å². The summed E-state index contributed by atoms with van der Waals surface area (Å²) in [6, 6.07) is 4.65. The normalized spacial score (nSPS) is 12.9. The van der Waals surface area contributed by atoms with E-state index in [1.54, 1.807) is 32.9 Å². The number of oxime groups is 1. The second kappa shape index (κ2) is 10.8. The Morgan fingerprint density at radius 3 is 2.49 bits per heavy atom. The molecule has 186 valence electrons. The summed E-state index contributed by atoms with van der Waals surface area (Å²) in [6.45, 7) is 5.54. The average Bonchev–Trinajstić information content (AvgIpc) is 2.73. The van der Waals surface area contributed by atoms with E-state index in [0.717, 1.165) is 5.71 Å². The SMILES string of the molecule is CC(C)(C)OC(=O)CON=C1CN(c2ncc(-c3cccc(COC(=O)N=C(N)N)c3F)cn2)C1. The molecule has 2 aromatic rings. The summed E-state index contributed by atoms with van der Waals surface area (Å²) >= 11 is 0. The number of nitrogens with two attached hydrogens (primary N) is 2. The van der Waals surface area contributed by atoms with Gasteiger partial charge in [-0.05, 0) is 20.8 Å². The van der Waals surface area contributed by atoms with E-state index in [2.05, 4.69) is 20.1 Å². The molecule has 1 aliphatic heterocycles. The molecule has 1 saturated heterocycles. The molecular formula is C22H26FN7O5. The van der Waals surface area contributed by atoms with Crippen LogP contribution in [0.5, 0.6) is 0 Å². The number of carbonyl (C=O) groups excluding carboxylic acids is 2. The second-order valence-electron chi connectivity index (χ2n) is 8.52. The highest BCUT2D eigenvalue weighted by Crippen LogP contribution is 2.26. The van der Waals surface area contributed by atoms with Crippen molar-refractivity contribution in [1.29, 1.82) is 0 Å². The number of rotatable bonds is 7. The number of benzene rings is 1. The third kappa shape index (κ3) is 7.35. The molecule has 1 aromatic carbocycles. The second-order valence-corrected chi connectivity index (χ2v) is 8.52. The van der Waals surface area contributed by atoms with E-state index in [9.17, 15) is 14.0 Å². The number of nitrogens with zero attached hydrogens (tertiary/aromatic N) is 5. The number of carbonyl (C=O) groups is 2. The van der Waals surface area contributed by atoms with E-state index < -0.39 is 29.4 Å². The first-order valence-corrected chi connectivity index (χ1v) is 10.5. The van der Waals surface area contributed by atoms with Crippen LogP contribution in [0.3, 0.4) is 0 Å². The molecule has 4 N–H and O–H groups in total. The molecule has 1 fully saturated rings. The number of aromatic nitrogens is 2. The molecule has 35 heavy (non-hydrogen) atoms. The summed E-state index contributed by atoms with van der Waals surface area (Å²) in [5, 5.41) is 3.92. The van der Waals surface area contributed by atoms with Gasteiger partial charge in [0.2, 0.25) is 12.6 Å². The summed E-state index contributed by atoms with van der Waals surface area (Å²) in [7, 11) is 0. The molecule has 0 saturated carbocycles. The zero-order valence-corrected chi connectivity index (χ0v) is 19.5. The predicted molar refractivity (Wildman–Crippen MR) is 125 cm³/mol. The van der Waals surface area contributed by atoms with Gasteiger partial charge in [-0.15, -0.1) is 4.99 Å². The average molecular weight is 487 g/mol. The van der Waals surface area contributed by atoms with E-state index in [1.165, 1.54) is 18.5 Å². The summed E-state index contributed by atoms with van der Waals surface area (Å²) in [4.78, 5) is 41.7. The monoisotopic (exact) mass is 487 g/mol. The maximum absolute atomic E-state index is 14.9. The molecule has 0 atom stereocenters. The van der Waals surface area contributed by atoms with Gasteiger partial charge in [-0.1, -0.05) is 23.4 Å². The van der Waals surface area contributed by atoms with Crippen LogP contribution in [0.25, 0.3) is 11.1 Å². The fourth-order valence-corrected chi connectivity index (χ4v) is 2.96. The van der Waals surface area contributed by atoms with Crippen molar-refractivity contribution in [1.82, 2.24) is 9.97 Å². The molecule has 0 aliphatic carbocycles. The van der Waals surface area contributed by atoms with Crippen molar-refractivity contribution >= 4 is 29.7 Å². The van der Waals surface area contributed by atoms with Crippen LogP contribution >= 0.6 is 0 Å². The standard InChI is InChI=1S/C22H26FN7O5/c1-22(2,3)35-17(31)12-34-29-15-9-30(10-15)20-26-7-14(8-27-20)16-6-4-5-13(18(16)23)11-33-21(32)28-19(24)25/h4-8H,9-12H2,1-3H3,(H4,24,25,28,32). The zero-order chi connectivity index (χ0) is 25.6. The van der Waals surface area contributed by atoms with Gasteiger partial charge in [-0.25, -0.2) is 23.9 Å². The van der Waals surface area contributed by atoms with Crippen LogP contribution in [0, 0.1) is 5.82 Å². The Balaban J connectivity index is 1.55.